The second-order valence-corrected chi connectivity index (χ2v) is 11.0. The molecule has 1 heterocycles. The highest BCUT2D eigenvalue weighted by Gasteiger charge is 2.25. The Morgan fingerprint density at radius 1 is 1.03 bits per heavy atom. The zero-order valence-electron chi connectivity index (χ0n) is 17.1. The van der Waals surface area contributed by atoms with Crippen LogP contribution in [-0.4, -0.2) is 19.0 Å². The Balaban J connectivity index is 1.59. The van der Waals surface area contributed by atoms with Crippen molar-refractivity contribution >= 4 is 95.0 Å². The molecule has 5 nitrogen and oxygen atoms in total. The van der Waals surface area contributed by atoms with Gasteiger partial charge in [0.25, 0.3) is 0 Å². The van der Waals surface area contributed by atoms with E-state index in [1.807, 2.05) is 48.5 Å². The third-order valence-electron chi connectivity index (χ3n) is 4.64. The first-order chi connectivity index (χ1) is 15.8. The van der Waals surface area contributed by atoms with Gasteiger partial charge in [-0.05, 0) is 137 Å². The summed E-state index contributed by atoms with van der Waals surface area (Å²) in [5.41, 5.74) is 2.70. The van der Waals surface area contributed by atoms with E-state index in [0.717, 1.165) is 24.7 Å². The SMILES string of the molecule is COc1cc(/C=C2\N=C(c3ccc(I)c(Br)c3)OC2=O)cc(Br)c1OCc1ccc(I)cc1. The fourth-order valence-electron chi connectivity index (χ4n) is 3.02. The topological polar surface area (TPSA) is 57.1 Å². The normalized spacial score (nSPS) is 14.3. The second-order valence-electron chi connectivity index (χ2n) is 6.91. The summed E-state index contributed by atoms with van der Waals surface area (Å²) in [5.74, 6) is 0.889. The van der Waals surface area contributed by atoms with E-state index >= 15 is 0 Å². The first-order valence-corrected chi connectivity index (χ1v) is 13.3. The highest BCUT2D eigenvalue weighted by Crippen LogP contribution is 2.38. The summed E-state index contributed by atoms with van der Waals surface area (Å²) in [6.45, 7) is 0.401. The molecule has 168 valence electrons. The van der Waals surface area contributed by atoms with Crippen molar-refractivity contribution in [2.24, 2.45) is 4.99 Å². The Kier molecular flexibility index (Phi) is 8.13. The molecule has 9 heteroatoms. The summed E-state index contributed by atoms with van der Waals surface area (Å²) < 4.78 is 20.8. The van der Waals surface area contributed by atoms with Crippen LogP contribution < -0.4 is 9.47 Å². The molecule has 0 fully saturated rings. The third-order valence-corrected chi connectivity index (χ3v) is 8.28. The van der Waals surface area contributed by atoms with Crippen molar-refractivity contribution in [2.45, 2.75) is 6.61 Å². The number of ether oxygens (including phenoxy) is 3. The number of esters is 1. The van der Waals surface area contributed by atoms with Gasteiger partial charge in [-0.25, -0.2) is 9.79 Å². The van der Waals surface area contributed by atoms with Crippen molar-refractivity contribution in [1.29, 1.82) is 0 Å². The lowest BCUT2D eigenvalue weighted by atomic mass is 10.1. The van der Waals surface area contributed by atoms with Crippen LogP contribution in [0.4, 0.5) is 0 Å². The minimum atomic E-state index is -0.506. The summed E-state index contributed by atoms with van der Waals surface area (Å²) in [4.78, 5) is 16.8. The van der Waals surface area contributed by atoms with Crippen LogP contribution in [-0.2, 0) is 16.1 Å². The molecule has 3 aromatic carbocycles. The zero-order valence-corrected chi connectivity index (χ0v) is 24.6. The number of carbonyl (C=O) groups excluding carboxylic acids is 1. The zero-order chi connectivity index (χ0) is 23.5. The fraction of sp³-hybridized carbons (Fsp3) is 0.0833. The van der Waals surface area contributed by atoms with Gasteiger partial charge in [0.15, 0.2) is 17.2 Å². The van der Waals surface area contributed by atoms with Gasteiger partial charge in [0, 0.05) is 17.2 Å². The maximum Gasteiger partial charge on any atom is 0.363 e. The number of cyclic esters (lactones) is 1. The molecule has 0 saturated heterocycles. The largest absolute Gasteiger partial charge is 0.493 e. The predicted octanol–water partition coefficient (Wildman–Crippen LogP) is 7.35. The van der Waals surface area contributed by atoms with Crippen molar-refractivity contribution < 1.29 is 19.0 Å². The van der Waals surface area contributed by atoms with Gasteiger partial charge in [0.1, 0.15) is 6.61 Å². The van der Waals surface area contributed by atoms with E-state index in [2.05, 4.69) is 82.0 Å². The van der Waals surface area contributed by atoms with E-state index in [9.17, 15) is 4.79 Å². The number of rotatable bonds is 6. The van der Waals surface area contributed by atoms with Gasteiger partial charge in [-0.15, -0.1) is 0 Å². The Morgan fingerprint density at radius 3 is 2.48 bits per heavy atom. The lowest BCUT2D eigenvalue weighted by molar-refractivity contribution is -0.129. The Bertz CT molecular complexity index is 1290. The number of carbonyl (C=O) groups is 1. The van der Waals surface area contributed by atoms with Crippen LogP contribution >= 0.6 is 77.0 Å². The number of methoxy groups -OCH3 is 1. The minimum absolute atomic E-state index is 0.209. The Hall–Kier alpha value is -1.44. The number of aliphatic imine (C=N–C) groups is 1. The van der Waals surface area contributed by atoms with Gasteiger partial charge in [-0.2, -0.15) is 0 Å². The van der Waals surface area contributed by atoms with Gasteiger partial charge in [-0.1, -0.05) is 12.1 Å². The van der Waals surface area contributed by atoms with Crippen molar-refractivity contribution in [3.63, 3.8) is 0 Å². The summed E-state index contributed by atoms with van der Waals surface area (Å²) in [6.07, 6.45) is 1.66. The molecule has 0 radical (unpaired) electrons. The molecule has 0 N–H and O–H groups in total. The molecular weight excluding hydrogens is 780 g/mol. The molecule has 4 rings (SSSR count). The lowest BCUT2D eigenvalue weighted by Gasteiger charge is -2.14. The monoisotopic (exact) mass is 793 g/mol. The van der Waals surface area contributed by atoms with Gasteiger partial charge in [0.2, 0.25) is 5.90 Å². The molecule has 0 aromatic heterocycles. The first kappa shape index (κ1) is 24.7. The smallest absolute Gasteiger partial charge is 0.363 e. The van der Waals surface area contributed by atoms with Crippen LogP contribution in [0.1, 0.15) is 16.7 Å². The Morgan fingerprint density at radius 2 is 1.79 bits per heavy atom. The van der Waals surface area contributed by atoms with Crippen LogP contribution in [0.3, 0.4) is 0 Å². The third kappa shape index (κ3) is 5.98. The van der Waals surface area contributed by atoms with Crippen molar-refractivity contribution in [1.82, 2.24) is 0 Å². The quantitative estimate of drug-likeness (QED) is 0.149. The molecule has 0 unspecified atom stereocenters. The van der Waals surface area contributed by atoms with E-state index in [1.54, 1.807) is 19.3 Å². The van der Waals surface area contributed by atoms with Gasteiger partial charge < -0.3 is 14.2 Å². The molecule has 0 bridgehead atoms. The number of hydrogen-bond acceptors (Lipinski definition) is 5. The predicted molar refractivity (Wildman–Crippen MR) is 152 cm³/mol. The summed E-state index contributed by atoms with van der Waals surface area (Å²) >= 11 is 11.5. The number of halogens is 4. The summed E-state index contributed by atoms with van der Waals surface area (Å²) in [7, 11) is 1.57. The fourth-order valence-corrected chi connectivity index (χ4v) is 4.67. The number of nitrogens with zero attached hydrogens (tertiary/aromatic N) is 1. The standard InChI is InChI=1S/C24H15Br2I2NO4/c1-31-21-10-14(8-18(26)22(21)32-12-13-2-5-16(27)6-3-13)9-20-24(30)33-23(29-20)15-4-7-19(28)17(25)11-15/h2-11H,12H2,1H3/b20-9-. The lowest BCUT2D eigenvalue weighted by Crippen LogP contribution is -2.05. The molecule has 0 atom stereocenters. The van der Waals surface area contributed by atoms with Crippen molar-refractivity contribution in [3.8, 4) is 11.5 Å². The van der Waals surface area contributed by atoms with Gasteiger partial charge in [0.05, 0.1) is 11.6 Å². The maximum atomic E-state index is 12.4. The molecule has 3 aromatic rings. The molecule has 0 saturated carbocycles. The van der Waals surface area contributed by atoms with Crippen LogP contribution in [0.15, 0.2) is 74.2 Å². The molecule has 0 aliphatic carbocycles. The highest BCUT2D eigenvalue weighted by atomic mass is 127. The van der Waals surface area contributed by atoms with Gasteiger partial charge >= 0.3 is 5.97 Å². The van der Waals surface area contributed by atoms with Gasteiger partial charge in [-0.3, -0.25) is 0 Å². The molecular formula is C24H15Br2I2NO4. The molecule has 0 spiro atoms. The van der Waals surface area contributed by atoms with E-state index in [-0.39, 0.29) is 11.6 Å². The van der Waals surface area contributed by atoms with Crippen molar-refractivity contribution in [2.75, 3.05) is 7.11 Å². The summed E-state index contributed by atoms with van der Waals surface area (Å²) in [5, 5.41) is 0. The Labute approximate surface area is 235 Å². The van der Waals surface area contributed by atoms with E-state index in [4.69, 9.17) is 14.2 Å². The molecule has 33 heavy (non-hydrogen) atoms. The summed E-state index contributed by atoms with van der Waals surface area (Å²) in [6, 6.07) is 17.4. The average molecular weight is 795 g/mol. The van der Waals surface area contributed by atoms with Crippen molar-refractivity contribution in [3.05, 3.63) is 93.1 Å². The van der Waals surface area contributed by atoms with E-state index < -0.39 is 5.97 Å². The molecule has 0 amide bonds. The minimum Gasteiger partial charge on any atom is -0.493 e. The van der Waals surface area contributed by atoms with E-state index in [0.29, 0.717) is 22.6 Å². The van der Waals surface area contributed by atoms with E-state index in [1.165, 1.54) is 3.57 Å². The highest BCUT2D eigenvalue weighted by molar-refractivity contribution is 14.1. The van der Waals surface area contributed by atoms with Crippen LogP contribution in [0.2, 0.25) is 0 Å². The van der Waals surface area contributed by atoms with Crippen LogP contribution in [0.25, 0.3) is 6.08 Å². The molecule has 1 aliphatic rings. The second kappa shape index (κ2) is 10.9. The average Bonchev–Trinajstić information content (AvgIpc) is 3.15. The molecule has 1 aliphatic heterocycles. The number of benzene rings is 3. The van der Waals surface area contributed by atoms with Crippen LogP contribution in [0.5, 0.6) is 11.5 Å². The number of hydrogen-bond donors (Lipinski definition) is 0. The first-order valence-electron chi connectivity index (χ1n) is 9.57. The maximum absolute atomic E-state index is 12.4. The van der Waals surface area contributed by atoms with Crippen LogP contribution in [0, 0.1) is 7.14 Å².